The van der Waals surface area contributed by atoms with Crippen LogP contribution in [0, 0.1) is 11.8 Å². The molecule has 6 heteroatoms. The van der Waals surface area contributed by atoms with E-state index in [0.717, 1.165) is 49.8 Å². The van der Waals surface area contributed by atoms with Crippen molar-refractivity contribution in [2.24, 2.45) is 11.8 Å². The number of rotatable bonds is 6. The molecule has 1 aromatic heterocycles. The molecule has 0 aromatic carbocycles. The van der Waals surface area contributed by atoms with Crippen LogP contribution in [-0.2, 0) is 4.74 Å². The van der Waals surface area contributed by atoms with Crippen molar-refractivity contribution < 1.29 is 9.53 Å². The number of ether oxygens (including phenoxy) is 1. The molecule has 1 aromatic rings. The van der Waals surface area contributed by atoms with Gasteiger partial charge in [-0.2, -0.15) is 5.10 Å². The fourth-order valence-corrected chi connectivity index (χ4v) is 4.76. The molecule has 2 aliphatic rings. The molecule has 0 bridgehead atoms. The summed E-state index contributed by atoms with van der Waals surface area (Å²) in [4.78, 5) is 14.6. The smallest absolute Gasteiger partial charge is 0.317 e. The van der Waals surface area contributed by atoms with Crippen molar-refractivity contribution in [2.75, 3.05) is 19.7 Å². The van der Waals surface area contributed by atoms with E-state index >= 15 is 0 Å². The van der Waals surface area contributed by atoms with Gasteiger partial charge in [0.2, 0.25) is 0 Å². The normalized spacial score (nSPS) is 29.1. The average Bonchev–Trinajstić information content (AvgIpc) is 3.21. The Morgan fingerprint density at radius 3 is 2.74 bits per heavy atom. The lowest BCUT2D eigenvalue weighted by Crippen LogP contribution is -2.53. The van der Waals surface area contributed by atoms with Gasteiger partial charge in [-0.05, 0) is 63.4 Å². The zero-order valence-corrected chi connectivity index (χ0v) is 17.1. The number of urea groups is 1. The van der Waals surface area contributed by atoms with Gasteiger partial charge in [0.05, 0.1) is 18.8 Å². The molecule has 2 N–H and O–H groups in total. The van der Waals surface area contributed by atoms with Crippen molar-refractivity contribution in [2.45, 2.75) is 77.4 Å². The van der Waals surface area contributed by atoms with Crippen molar-refractivity contribution in [1.29, 1.82) is 0 Å². The largest absolute Gasteiger partial charge is 0.376 e. The molecule has 1 aliphatic heterocycles. The minimum absolute atomic E-state index is 0.0267. The standard InChI is InChI=1S/C21H36N4O2/c1-4-22-21(26)25-13-5-6-18(19-11-12-23-24-19)20(25)14-27-17-9-7-16(8-10-17)15(2)3/h11-12,15-18,20H,4-10,13-14H2,1-3H3,(H,22,26)(H,23,24)/t16-,17+,18-,20+/m0/s1. The summed E-state index contributed by atoms with van der Waals surface area (Å²) in [5, 5.41) is 10.2. The summed E-state index contributed by atoms with van der Waals surface area (Å²) in [5.41, 5.74) is 1.11. The van der Waals surface area contributed by atoms with Gasteiger partial charge in [-0.1, -0.05) is 13.8 Å². The van der Waals surface area contributed by atoms with Gasteiger partial charge in [0.1, 0.15) is 0 Å². The third-order valence-corrected chi connectivity index (χ3v) is 6.45. The Bertz CT molecular complexity index is 567. The Kier molecular flexibility index (Phi) is 7.16. The molecular formula is C21H36N4O2. The molecule has 2 fully saturated rings. The summed E-state index contributed by atoms with van der Waals surface area (Å²) in [7, 11) is 0. The number of carbonyl (C=O) groups is 1. The quantitative estimate of drug-likeness (QED) is 0.790. The highest BCUT2D eigenvalue weighted by Gasteiger charge is 2.37. The minimum atomic E-state index is 0.0267. The fraction of sp³-hybridized carbons (Fsp3) is 0.810. The SMILES string of the molecule is CCNC(=O)N1CCC[C@@H](c2ccn[nH]2)[C@H]1CO[C@H]1CC[C@@H](C(C)C)CC1. The van der Waals surface area contributed by atoms with E-state index < -0.39 is 0 Å². The van der Waals surface area contributed by atoms with Gasteiger partial charge in [0.15, 0.2) is 0 Å². The first-order chi connectivity index (χ1) is 13.1. The monoisotopic (exact) mass is 376 g/mol. The van der Waals surface area contributed by atoms with E-state index in [0.29, 0.717) is 19.3 Å². The van der Waals surface area contributed by atoms with Crippen LogP contribution in [-0.4, -0.2) is 53.0 Å². The molecule has 6 nitrogen and oxygen atoms in total. The summed E-state index contributed by atoms with van der Waals surface area (Å²) in [6.45, 7) is 8.67. The lowest BCUT2D eigenvalue weighted by Gasteiger charge is -2.41. The first-order valence-corrected chi connectivity index (χ1v) is 10.8. The summed E-state index contributed by atoms with van der Waals surface area (Å²) >= 11 is 0. The number of hydrogen-bond acceptors (Lipinski definition) is 3. The average molecular weight is 377 g/mol. The van der Waals surface area contributed by atoms with Gasteiger partial charge >= 0.3 is 6.03 Å². The molecule has 2 atom stereocenters. The van der Waals surface area contributed by atoms with E-state index in [1.165, 1.54) is 12.8 Å². The number of nitrogens with zero attached hydrogens (tertiary/aromatic N) is 2. The van der Waals surface area contributed by atoms with Crippen LogP contribution in [0.3, 0.4) is 0 Å². The molecule has 1 aliphatic carbocycles. The zero-order valence-electron chi connectivity index (χ0n) is 17.1. The summed E-state index contributed by atoms with van der Waals surface area (Å²) in [6.07, 6.45) is 9.01. The number of amides is 2. The van der Waals surface area contributed by atoms with Crippen molar-refractivity contribution >= 4 is 6.03 Å². The molecule has 0 radical (unpaired) electrons. The van der Waals surface area contributed by atoms with Gasteiger partial charge in [0.25, 0.3) is 0 Å². The topological polar surface area (TPSA) is 70.2 Å². The molecule has 0 unspecified atom stereocenters. The molecule has 1 saturated carbocycles. The van der Waals surface area contributed by atoms with Crippen LogP contribution in [0.25, 0.3) is 0 Å². The first-order valence-electron chi connectivity index (χ1n) is 10.8. The molecule has 2 amide bonds. The van der Waals surface area contributed by atoms with Crippen molar-refractivity contribution in [1.82, 2.24) is 20.4 Å². The highest BCUT2D eigenvalue weighted by atomic mass is 16.5. The van der Waals surface area contributed by atoms with E-state index in [2.05, 4.69) is 29.4 Å². The Morgan fingerprint density at radius 2 is 2.11 bits per heavy atom. The van der Waals surface area contributed by atoms with Gasteiger partial charge in [-0.15, -0.1) is 0 Å². The summed E-state index contributed by atoms with van der Waals surface area (Å²) < 4.78 is 6.38. The molecule has 0 spiro atoms. The highest BCUT2D eigenvalue weighted by molar-refractivity contribution is 5.74. The second-order valence-electron chi connectivity index (χ2n) is 8.47. The van der Waals surface area contributed by atoms with Gasteiger partial charge in [-0.3, -0.25) is 5.10 Å². The van der Waals surface area contributed by atoms with Gasteiger partial charge in [0, 0.05) is 30.9 Å². The molecule has 2 heterocycles. The number of aromatic amines is 1. The highest BCUT2D eigenvalue weighted by Crippen LogP contribution is 2.34. The van der Waals surface area contributed by atoms with Crippen molar-refractivity contribution in [3.63, 3.8) is 0 Å². The van der Waals surface area contributed by atoms with Gasteiger partial charge < -0.3 is 15.0 Å². The lowest BCUT2D eigenvalue weighted by molar-refractivity contribution is -0.0238. The molecule has 27 heavy (non-hydrogen) atoms. The van der Waals surface area contributed by atoms with Crippen molar-refractivity contribution in [3.05, 3.63) is 18.0 Å². The summed E-state index contributed by atoms with van der Waals surface area (Å²) in [6, 6.07) is 2.12. The number of likely N-dealkylation sites (tertiary alicyclic amines) is 1. The number of nitrogens with one attached hydrogen (secondary N) is 2. The second-order valence-corrected chi connectivity index (χ2v) is 8.47. The molecular weight excluding hydrogens is 340 g/mol. The molecule has 3 rings (SSSR count). The third-order valence-electron chi connectivity index (χ3n) is 6.45. The van der Waals surface area contributed by atoms with Crippen LogP contribution in [0.4, 0.5) is 4.79 Å². The van der Waals surface area contributed by atoms with Crippen molar-refractivity contribution in [3.8, 4) is 0 Å². The van der Waals surface area contributed by atoms with Crippen LogP contribution >= 0.6 is 0 Å². The van der Waals surface area contributed by atoms with E-state index in [9.17, 15) is 4.79 Å². The maximum Gasteiger partial charge on any atom is 0.317 e. The van der Waals surface area contributed by atoms with E-state index in [1.807, 2.05) is 17.9 Å². The van der Waals surface area contributed by atoms with E-state index in [4.69, 9.17) is 4.74 Å². The van der Waals surface area contributed by atoms with Crippen LogP contribution < -0.4 is 5.32 Å². The van der Waals surface area contributed by atoms with E-state index in [1.54, 1.807) is 6.20 Å². The Hall–Kier alpha value is -1.56. The Morgan fingerprint density at radius 1 is 1.33 bits per heavy atom. The maximum atomic E-state index is 12.6. The predicted molar refractivity (Wildman–Crippen MR) is 107 cm³/mol. The number of H-pyrrole nitrogens is 1. The number of carbonyl (C=O) groups excluding carboxylic acids is 1. The Labute approximate surface area is 163 Å². The Balaban J connectivity index is 1.64. The second kappa shape index (κ2) is 9.58. The number of piperidine rings is 1. The lowest BCUT2D eigenvalue weighted by atomic mass is 9.80. The minimum Gasteiger partial charge on any atom is -0.376 e. The van der Waals surface area contributed by atoms with E-state index in [-0.39, 0.29) is 18.0 Å². The number of hydrogen-bond donors (Lipinski definition) is 2. The number of aromatic nitrogens is 2. The van der Waals surface area contributed by atoms with Gasteiger partial charge in [-0.25, -0.2) is 4.79 Å². The fourth-order valence-electron chi connectivity index (χ4n) is 4.76. The first kappa shape index (κ1) is 20.2. The van der Waals surface area contributed by atoms with Crippen LogP contribution in [0.1, 0.15) is 70.9 Å². The third kappa shape index (κ3) is 5.03. The zero-order chi connectivity index (χ0) is 19.2. The maximum absolute atomic E-state index is 12.6. The van der Waals surface area contributed by atoms with Crippen LogP contribution in [0.2, 0.25) is 0 Å². The molecule has 152 valence electrons. The van der Waals surface area contributed by atoms with Crippen LogP contribution in [0.5, 0.6) is 0 Å². The predicted octanol–water partition coefficient (Wildman–Crippen LogP) is 3.92. The summed E-state index contributed by atoms with van der Waals surface area (Å²) in [5.74, 6) is 1.86. The van der Waals surface area contributed by atoms with Crippen LogP contribution in [0.15, 0.2) is 12.3 Å². The molecule has 1 saturated heterocycles.